The second-order valence-electron chi connectivity index (χ2n) is 7.32. The van der Waals surface area contributed by atoms with Crippen LogP contribution in [0.2, 0.25) is 0 Å². The number of carbonyl (C=O) groups is 2. The lowest BCUT2D eigenvalue weighted by Gasteiger charge is -2.19. The molecular formula is C25H25NO3. The lowest BCUT2D eigenvalue weighted by Crippen LogP contribution is -2.26. The highest BCUT2D eigenvalue weighted by atomic mass is 16.5. The third-order valence-corrected chi connectivity index (χ3v) is 4.82. The van der Waals surface area contributed by atoms with Crippen molar-refractivity contribution in [1.82, 2.24) is 0 Å². The zero-order chi connectivity index (χ0) is 21.0. The maximum Gasteiger partial charge on any atom is 0.339 e. The molecule has 0 spiro atoms. The van der Waals surface area contributed by atoms with E-state index in [2.05, 4.69) is 5.32 Å². The van der Waals surface area contributed by atoms with Crippen LogP contribution >= 0.6 is 0 Å². The number of carbonyl (C=O) groups excluding carboxylic acids is 2. The number of aryl methyl sites for hydroxylation is 4. The number of benzene rings is 3. The van der Waals surface area contributed by atoms with Gasteiger partial charge < -0.3 is 10.1 Å². The fourth-order valence-electron chi connectivity index (χ4n) is 3.18. The van der Waals surface area contributed by atoms with Crippen LogP contribution in [0.1, 0.15) is 44.3 Å². The van der Waals surface area contributed by atoms with Crippen molar-refractivity contribution >= 4 is 17.6 Å². The Labute approximate surface area is 171 Å². The van der Waals surface area contributed by atoms with Crippen molar-refractivity contribution < 1.29 is 14.3 Å². The molecule has 0 unspecified atom stereocenters. The fraction of sp³-hybridized carbons (Fsp3) is 0.200. The third kappa shape index (κ3) is 4.91. The molecule has 4 heteroatoms. The molecule has 4 nitrogen and oxygen atoms in total. The summed E-state index contributed by atoms with van der Waals surface area (Å²) in [7, 11) is 0. The van der Waals surface area contributed by atoms with Gasteiger partial charge in [-0.05, 0) is 56.5 Å². The predicted octanol–water partition coefficient (Wildman–Crippen LogP) is 5.46. The Bertz CT molecular complexity index is 1040. The van der Waals surface area contributed by atoms with E-state index in [-0.39, 0.29) is 5.91 Å². The van der Waals surface area contributed by atoms with E-state index < -0.39 is 12.1 Å². The van der Waals surface area contributed by atoms with Gasteiger partial charge in [0.25, 0.3) is 5.91 Å². The largest absolute Gasteiger partial charge is 0.444 e. The predicted molar refractivity (Wildman–Crippen MR) is 115 cm³/mol. The van der Waals surface area contributed by atoms with Crippen molar-refractivity contribution in [2.45, 2.75) is 33.8 Å². The SMILES string of the molecule is Cc1ccc(C(=O)O[C@H](C(=O)Nc2cc(C)ccc2C)c2ccccc2)c(C)c1. The number of amides is 1. The monoisotopic (exact) mass is 387 g/mol. The van der Waals surface area contributed by atoms with Crippen LogP contribution in [0.4, 0.5) is 5.69 Å². The molecule has 0 bridgehead atoms. The van der Waals surface area contributed by atoms with Gasteiger partial charge in [-0.2, -0.15) is 0 Å². The molecule has 0 aliphatic rings. The van der Waals surface area contributed by atoms with Gasteiger partial charge in [0.1, 0.15) is 0 Å². The quantitative estimate of drug-likeness (QED) is 0.592. The van der Waals surface area contributed by atoms with Crippen molar-refractivity contribution in [1.29, 1.82) is 0 Å². The molecule has 0 aromatic heterocycles. The second-order valence-corrected chi connectivity index (χ2v) is 7.32. The highest BCUT2D eigenvalue weighted by molar-refractivity contribution is 5.99. The van der Waals surface area contributed by atoms with Crippen LogP contribution in [0.5, 0.6) is 0 Å². The summed E-state index contributed by atoms with van der Waals surface area (Å²) >= 11 is 0. The minimum Gasteiger partial charge on any atom is -0.444 e. The Morgan fingerprint density at radius 2 is 1.45 bits per heavy atom. The zero-order valence-electron chi connectivity index (χ0n) is 17.2. The molecule has 0 saturated heterocycles. The topological polar surface area (TPSA) is 55.4 Å². The summed E-state index contributed by atoms with van der Waals surface area (Å²) in [6.07, 6.45) is -1.05. The van der Waals surface area contributed by atoms with Crippen molar-refractivity contribution in [2.24, 2.45) is 0 Å². The molecule has 3 aromatic rings. The summed E-state index contributed by atoms with van der Waals surface area (Å²) < 4.78 is 5.70. The molecule has 0 heterocycles. The summed E-state index contributed by atoms with van der Waals surface area (Å²) in [6.45, 7) is 7.71. The van der Waals surface area contributed by atoms with E-state index in [0.717, 1.165) is 22.3 Å². The molecule has 1 amide bonds. The number of hydrogen-bond donors (Lipinski definition) is 1. The molecule has 148 valence electrons. The van der Waals surface area contributed by atoms with Crippen LogP contribution in [0, 0.1) is 27.7 Å². The molecule has 0 saturated carbocycles. The molecule has 29 heavy (non-hydrogen) atoms. The first-order valence-electron chi connectivity index (χ1n) is 9.56. The summed E-state index contributed by atoms with van der Waals surface area (Å²) in [6, 6.07) is 20.4. The fourth-order valence-corrected chi connectivity index (χ4v) is 3.18. The number of ether oxygens (including phenoxy) is 1. The molecule has 0 radical (unpaired) electrons. The Morgan fingerprint density at radius 1 is 0.793 bits per heavy atom. The van der Waals surface area contributed by atoms with Gasteiger partial charge in [-0.3, -0.25) is 4.79 Å². The Morgan fingerprint density at radius 3 is 2.14 bits per heavy atom. The van der Waals surface area contributed by atoms with Gasteiger partial charge in [0.05, 0.1) is 5.56 Å². The van der Waals surface area contributed by atoms with Crippen molar-refractivity contribution in [3.63, 3.8) is 0 Å². The average molecular weight is 387 g/mol. The number of esters is 1. The average Bonchev–Trinajstić information content (AvgIpc) is 2.69. The molecule has 3 rings (SSSR count). The van der Waals surface area contributed by atoms with E-state index in [1.807, 2.05) is 76.2 Å². The van der Waals surface area contributed by atoms with Gasteiger partial charge in [-0.15, -0.1) is 0 Å². The second kappa shape index (κ2) is 8.74. The molecule has 0 fully saturated rings. The van der Waals surface area contributed by atoms with E-state index in [0.29, 0.717) is 16.8 Å². The molecule has 0 aliphatic carbocycles. The number of anilines is 1. The van der Waals surface area contributed by atoms with E-state index >= 15 is 0 Å². The Kier molecular flexibility index (Phi) is 6.13. The maximum atomic E-state index is 13.1. The van der Waals surface area contributed by atoms with Crippen molar-refractivity contribution in [2.75, 3.05) is 5.32 Å². The first-order valence-corrected chi connectivity index (χ1v) is 9.56. The van der Waals surface area contributed by atoms with Crippen molar-refractivity contribution in [3.8, 4) is 0 Å². The van der Waals surface area contributed by atoms with Crippen LogP contribution < -0.4 is 5.32 Å². The van der Waals surface area contributed by atoms with Gasteiger partial charge in [0, 0.05) is 11.3 Å². The van der Waals surface area contributed by atoms with Gasteiger partial charge >= 0.3 is 5.97 Å². The smallest absolute Gasteiger partial charge is 0.339 e. The molecular weight excluding hydrogens is 362 g/mol. The third-order valence-electron chi connectivity index (χ3n) is 4.82. The van der Waals surface area contributed by atoms with Gasteiger partial charge in [-0.25, -0.2) is 4.79 Å². The molecule has 1 atom stereocenters. The summed E-state index contributed by atoms with van der Waals surface area (Å²) in [5.41, 5.74) is 5.64. The van der Waals surface area contributed by atoms with Crippen LogP contribution in [0.25, 0.3) is 0 Å². The van der Waals surface area contributed by atoms with E-state index in [1.165, 1.54) is 0 Å². The van der Waals surface area contributed by atoms with Crippen LogP contribution in [0.3, 0.4) is 0 Å². The van der Waals surface area contributed by atoms with Crippen LogP contribution in [0.15, 0.2) is 66.7 Å². The highest BCUT2D eigenvalue weighted by Crippen LogP contribution is 2.24. The van der Waals surface area contributed by atoms with Crippen molar-refractivity contribution in [3.05, 3.63) is 100 Å². The van der Waals surface area contributed by atoms with Gasteiger partial charge in [0.15, 0.2) is 0 Å². The first-order chi connectivity index (χ1) is 13.8. The number of hydrogen-bond acceptors (Lipinski definition) is 3. The first kappa shape index (κ1) is 20.3. The maximum absolute atomic E-state index is 13.1. The normalized spacial score (nSPS) is 11.6. The number of nitrogens with one attached hydrogen (secondary N) is 1. The van der Waals surface area contributed by atoms with Crippen LogP contribution in [-0.4, -0.2) is 11.9 Å². The number of rotatable bonds is 5. The van der Waals surface area contributed by atoms with E-state index in [4.69, 9.17) is 4.74 Å². The zero-order valence-corrected chi connectivity index (χ0v) is 17.2. The lowest BCUT2D eigenvalue weighted by atomic mass is 10.0. The van der Waals surface area contributed by atoms with E-state index in [9.17, 15) is 9.59 Å². The standard InChI is InChI=1S/C25H25NO3/c1-16-11-13-21(19(4)14-16)25(28)29-23(20-8-6-5-7-9-20)24(27)26-22-15-17(2)10-12-18(22)3/h5-15,23H,1-4H3,(H,26,27)/t23-/m0/s1. The summed E-state index contributed by atoms with van der Waals surface area (Å²) in [4.78, 5) is 25.9. The lowest BCUT2D eigenvalue weighted by molar-refractivity contribution is -0.125. The van der Waals surface area contributed by atoms with Gasteiger partial charge in [-0.1, -0.05) is 60.2 Å². The Balaban J connectivity index is 1.89. The van der Waals surface area contributed by atoms with E-state index in [1.54, 1.807) is 18.2 Å². The minimum atomic E-state index is -1.05. The Hall–Kier alpha value is -3.40. The minimum absolute atomic E-state index is 0.386. The summed E-state index contributed by atoms with van der Waals surface area (Å²) in [5.74, 6) is -0.907. The van der Waals surface area contributed by atoms with Crippen LogP contribution in [-0.2, 0) is 9.53 Å². The highest BCUT2D eigenvalue weighted by Gasteiger charge is 2.26. The molecule has 0 aliphatic heterocycles. The summed E-state index contributed by atoms with van der Waals surface area (Å²) in [5, 5.41) is 2.91. The molecule has 3 aromatic carbocycles. The molecule has 1 N–H and O–H groups in total. The van der Waals surface area contributed by atoms with Gasteiger partial charge in [0.2, 0.25) is 6.10 Å².